The van der Waals surface area contributed by atoms with Gasteiger partial charge in [-0.2, -0.15) is 0 Å². The van der Waals surface area contributed by atoms with Crippen molar-refractivity contribution in [2.45, 2.75) is 0 Å². The molecule has 3 aromatic rings. The molecular weight excluding hydrogens is 330 g/mol. The number of nitrogens with zero attached hydrogens (tertiary/aromatic N) is 2. The van der Waals surface area contributed by atoms with Crippen LogP contribution in [0.3, 0.4) is 0 Å². The number of anilines is 1. The second kappa shape index (κ2) is 7.48. The molecule has 0 aliphatic carbocycles. The van der Waals surface area contributed by atoms with Crippen molar-refractivity contribution in [1.82, 2.24) is 9.97 Å². The Bertz CT molecular complexity index is 966. The van der Waals surface area contributed by atoms with Crippen LogP contribution in [0.15, 0.2) is 60.8 Å². The third-order valence-electron chi connectivity index (χ3n) is 3.74. The Kier molecular flexibility index (Phi) is 4.94. The van der Waals surface area contributed by atoms with E-state index in [9.17, 15) is 9.90 Å². The van der Waals surface area contributed by atoms with Crippen molar-refractivity contribution in [3.8, 4) is 28.3 Å². The van der Waals surface area contributed by atoms with Crippen LogP contribution in [0.4, 0.5) is 5.82 Å². The maximum atomic E-state index is 11.2. The number of hydrogen-bond donors (Lipinski definition) is 2. The number of aromatic hydroxyl groups is 1. The first-order valence-corrected chi connectivity index (χ1v) is 7.85. The number of phenols is 1. The highest BCUT2D eigenvalue weighted by Crippen LogP contribution is 2.27. The van der Waals surface area contributed by atoms with Crippen LogP contribution in [0, 0.1) is 0 Å². The molecule has 0 aliphatic heterocycles. The molecule has 6 heteroatoms. The average Bonchev–Trinajstić information content (AvgIpc) is 2.67. The van der Waals surface area contributed by atoms with Crippen molar-refractivity contribution in [2.75, 3.05) is 12.8 Å². The number of methoxy groups -OCH3 is 1. The first-order valence-electron chi connectivity index (χ1n) is 7.85. The van der Waals surface area contributed by atoms with Crippen LogP contribution in [0.1, 0.15) is 5.56 Å². The summed E-state index contributed by atoms with van der Waals surface area (Å²) in [5, 5.41) is 9.44. The maximum absolute atomic E-state index is 11.2. The Morgan fingerprint density at radius 2 is 1.92 bits per heavy atom. The normalized spacial score (nSPS) is 10.8. The van der Waals surface area contributed by atoms with Crippen LogP contribution in [0.2, 0.25) is 0 Å². The van der Waals surface area contributed by atoms with Gasteiger partial charge in [-0.05, 0) is 42.0 Å². The highest BCUT2D eigenvalue weighted by Gasteiger charge is 2.09. The molecule has 0 aliphatic rings. The molecule has 0 atom stereocenters. The lowest BCUT2D eigenvalue weighted by molar-refractivity contribution is -0.134. The van der Waals surface area contributed by atoms with Crippen LogP contribution in [0.5, 0.6) is 5.75 Å². The number of nitrogens with two attached hydrogens (primary N) is 1. The lowest BCUT2D eigenvalue weighted by atomic mass is 10.1. The summed E-state index contributed by atoms with van der Waals surface area (Å²) in [6.45, 7) is 0. The number of benzene rings is 2. The fourth-order valence-corrected chi connectivity index (χ4v) is 2.40. The van der Waals surface area contributed by atoms with Crippen LogP contribution < -0.4 is 5.73 Å². The molecule has 0 saturated carbocycles. The molecule has 0 saturated heterocycles. The third kappa shape index (κ3) is 3.87. The van der Waals surface area contributed by atoms with E-state index in [1.54, 1.807) is 36.5 Å². The summed E-state index contributed by atoms with van der Waals surface area (Å²) < 4.78 is 4.59. The molecule has 3 rings (SSSR count). The van der Waals surface area contributed by atoms with E-state index in [2.05, 4.69) is 14.7 Å². The van der Waals surface area contributed by atoms with Gasteiger partial charge in [0.05, 0.1) is 19.0 Å². The summed E-state index contributed by atoms with van der Waals surface area (Å²) >= 11 is 0. The predicted octanol–water partition coefficient (Wildman–Crippen LogP) is 3.28. The number of nitrogen functional groups attached to an aromatic ring is 1. The first kappa shape index (κ1) is 17.2. The van der Waals surface area contributed by atoms with Gasteiger partial charge < -0.3 is 15.6 Å². The molecule has 0 radical (unpaired) electrons. The number of aromatic nitrogens is 2. The number of carbonyl (C=O) groups is 1. The van der Waals surface area contributed by atoms with Crippen LogP contribution in [0.25, 0.3) is 28.6 Å². The van der Waals surface area contributed by atoms with E-state index in [0.717, 1.165) is 16.7 Å². The summed E-state index contributed by atoms with van der Waals surface area (Å²) in [4.78, 5) is 20.1. The summed E-state index contributed by atoms with van der Waals surface area (Å²) in [6.07, 6.45) is 4.62. The molecule has 130 valence electrons. The van der Waals surface area contributed by atoms with Gasteiger partial charge in [0, 0.05) is 17.2 Å². The van der Waals surface area contributed by atoms with Gasteiger partial charge in [-0.3, -0.25) is 0 Å². The van der Waals surface area contributed by atoms with Crippen molar-refractivity contribution < 1.29 is 14.6 Å². The quantitative estimate of drug-likeness (QED) is 0.555. The summed E-state index contributed by atoms with van der Waals surface area (Å²) in [5.41, 5.74) is 9.58. The topological polar surface area (TPSA) is 98.3 Å². The number of carbonyl (C=O) groups excluding carboxylic acids is 1. The van der Waals surface area contributed by atoms with E-state index in [1.165, 1.54) is 13.2 Å². The number of rotatable bonds is 4. The van der Waals surface area contributed by atoms with Crippen LogP contribution >= 0.6 is 0 Å². The fourth-order valence-electron chi connectivity index (χ4n) is 2.40. The molecule has 0 unspecified atom stereocenters. The van der Waals surface area contributed by atoms with Gasteiger partial charge in [-0.25, -0.2) is 14.8 Å². The maximum Gasteiger partial charge on any atom is 0.330 e. The zero-order chi connectivity index (χ0) is 18.5. The van der Waals surface area contributed by atoms with E-state index < -0.39 is 5.97 Å². The highest BCUT2D eigenvalue weighted by atomic mass is 16.5. The van der Waals surface area contributed by atoms with Crippen LogP contribution in [-0.4, -0.2) is 28.2 Å². The molecule has 0 fully saturated rings. The average molecular weight is 347 g/mol. The van der Waals surface area contributed by atoms with E-state index in [1.807, 2.05) is 24.3 Å². The number of esters is 1. The van der Waals surface area contributed by atoms with Gasteiger partial charge >= 0.3 is 5.97 Å². The van der Waals surface area contributed by atoms with Gasteiger partial charge in [0.2, 0.25) is 0 Å². The number of hydrogen-bond acceptors (Lipinski definition) is 6. The van der Waals surface area contributed by atoms with Crippen molar-refractivity contribution in [1.29, 1.82) is 0 Å². The number of ether oxygens (including phenoxy) is 1. The zero-order valence-corrected chi connectivity index (χ0v) is 14.1. The molecular formula is C20H17N3O3. The molecule has 2 aromatic carbocycles. The monoisotopic (exact) mass is 347 g/mol. The van der Waals surface area contributed by atoms with Gasteiger partial charge in [0.1, 0.15) is 17.3 Å². The number of phenolic OH excluding ortho intramolecular Hbond substituents is 1. The van der Waals surface area contributed by atoms with Gasteiger partial charge in [0.25, 0.3) is 0 Å². The van der Waals surface area contributed by atoms with E-state index in [-0.39, 0.29) is 5.75 Å². The van der Waals surface area contributed by atoms with E-state index in [0.29, 0.717) is 17.2 Å². The molecule has 1 aromatic heterocycles. The van der Waals surface area contributed by atoms with Crippen molar-refractivity contribution in [2.24, 2.45) is 0 Å². The molecule has 0 amide bonds. The second-order valence-electron chi connectivity index (χ2n) is 5.52. The Labute approximate surface area is 150 Å². The minimum atomic E-state index is -0.419. The van der Waals surface area contributed by atoms with Crippen molar-refractivity contribution >= 4 is 17.9 Å². The highest BCUT2D eigenvalue weighted by molar-refractivity contribution is 5.87. The smallest absolute Gasteiger partial charge is 0.330 e. The van der Waals surface area contributed by atoms with Gasteiger partial charge in [0.15, 0.2) is 0 Å². The third-order valence-corrected chi connectivity index (χ3v) is 3.74. The zero-order valence-electron chi connectivity index (χ0n) is 14.1. The lowest BCUT2D eigenvalue weighted by Crippen LogP contribution is -1.99. The standard InChI is InChI=1S/C20H17N3O3/c1-26-18(25)10-5-13-3-2-4-15(11-13)17-12-22-20(21)19(23-17)14-6-8-16(24)9-7-14/h2-12,24H,1H3,(H2,21,22)/b10-5+. The van der Waals surface area contributed by atoms with Crippen LogP contribution in [-0.2, 0) is 9.53 Å². The molecule has 26 heavy (non-hydrogen) atoms. The summed E-state index contributed by atoms with van der Waals surface area (Å²) in [5.74, 6) is 0.0556. The molecule has 1 heterocycles. The minimum absolute atomic E-state index is 0.168. The fraction of sp³-hybridized carbons (Fsp3) is 0.0500. The lowest BCUT2D eigenvalue weighted by Gasteiger charge is -2.08. The Balaban J connectivity index is 1.97. The Hall–Kier alpha value is -3.67. The van der Waals surface area contributed by atoms with Gasteiger partial charge in [-0.15, -0.1) is 0 Å². The van der Waals surface area contributed by atoms with Gasteiger partial charge in [-0.1, -0.05) is 18.2 Å². The molecule has 3 N–H and O–H groups in total. The van der Waals surface area contributed by atoms with Crippen molar-refractivity contribution in [3.63, 3.8) is 0 Å². The second-order valence-corrected chi connectivity index (χ2v) is 5.52. The largest absolute Gasteiger partial charge is 0.508 e. The van der Waals surface area contributed by atoms with E-state index >= 15 is 0 Å². The molecule has 0 spiro atoms. The summed E-state index contributed by atoms with van der Waals surface area (Å²) in [6, 6.07) is 14.1. The SMILES string of the molecule is COC(=O)/C=C/c1cccc(-c2cnc(N)c(-c3ccc(O)cc3)n2)c1. The predicted molar refractivity (Wildman–Crippen MR) is 100 cm³/mol. The van der Waals surface area contributed by atoms with E-state index in [4.69, 9.17) is 5.73 Å². The minimum Gasteiger partial charge on any atom is -0.508 e. The summed E-state index contributed by atoms with van der Waals surface area (Å²) in [7, 11) is 1.33. The molecule has 6 nitrogen and oxygen atoms in total. The first-order chi connectivity index (χ1) is 12.6. The Morgan fingerprint density at radius 3 is 2.65 bits per heavy atom. The Morgan fingerprint density at radius 1 is 1.15 bits per heavy atom. The molecule has 0 bridgehead atoms. The van der Waals surface area contributed by atoms with Crippen molar-refractivity contribution in [3.05, 3.63) is 66.4 Å².